The molecule has 1 atom stereocenters. The van der Waals surface area contributed by atoms with Crippen molar-refractivity contribution in [1.82, 2.24) is 5.32 Å². The second-order valence-corrected chi connectivity index (χ2v) is 3.64. The van der Waals surface area contributed by atoms with Crippen molar-refractivity contribution < 1.29 is 9.90 Å². The summed E-state index contributed by atoms with van der Waals surface area (Å²) in [6, 6.07) is -0.327. The highest BCUT2D eigenvalue weighted by Crippen LogP contribution is 2.04. The molecule has 1 unspecified atom stereocenters. The Morgan fingerprint density at radius 3 is 2.50 bits per heavy atom. The van der Waals surface area contributed by atoms with Gasteiger partial charge in [-0.2, -0.15) is 0 Å². The van der Waals surface area contributed by atoms with Gasteiger partial charge in [0, 0.05) is 0 Å². The minimum atomic E-state index is -0.690. The molecule has 0 aliphatic heterocycles. The van der Waals surface area contributed by atoms with Crippen LogP contribution in [0.3, 0.4) is 0 Å². The molecule has 0 spiro atoms. The van der Waals surface area contributed by atoms with Gasteiger partial charge in [0.2, 0.25) is 5.91 Å². The third kappa shape index (κ3) is 6.12. The molecule has 4 heteroatoms. The van der Waals surface area contributed by atoms with Crippen molar-refractivity contribution in [3.05, 3.63) is 0 Å². The van der Waals surface area contributed by atoms with Crippen LogP contribution in [0.4, 0.5) is 0 Å². The number of hydrogen-bond acceptors (Lipinski definition) is 3. The van der Waals surface area contributed by atoms with Crippen LogP contribution in [-0.4, -0.2) is 29.2 Å². The van der Waals surface area contributed by atoms with Crippen molar-refractivity contribution >= 4 is 5.91 Å². The second kappa shape index (κ2) is 4.42. The molecular weight excluding hydrogens is 156 g/mol. The van der Waals surface area contributed by atoms with Gasteiger partial charge in [-0.15, -0.1) is 0 Å². The first-order valence-electron chi connectivity index (χ1n) is 4.08. The Kier molecular flexibility index (Phi) is 4.20. The molecule has 1 amide bonds. The molecule has 0 aromatic rings. The molecule has 0 aliphatic carbocycles. The largest absolute Gasteiger partial charge is 0.390 e. The van der Waals surface area contributed by atoms with E-state index in [2.05, 4.69) is 5.32 Å². The Labute approximate surface area is 73.1 Å². The zero-order chi connectivity index (χ0) is 9.78. The molecule has 0 aromatic heterocycles. The number of nitrogens with two attached hydrogens (primary N) is 1. The van der Waals surface area contributed by atoms with E-state index in [-0.39, 0.29) is 11.9 Å². The fraction of sp³-hybridized carbons (Fsp3) is 0.875. The molecular formula is C8H18N2O2. The maximum absolute atomic E-state index is 10.6. The molecule has 0 bridgehead atoms. The van der Waals surface area contributed by atoms with E-state index in [1.807, 2.05) is 0 Å². The molecule has 12 heavy (non-hydrogen) atoms. The SMILES string of the molecule is CC(NCCC(C)(C)O)C(N)=O. The lowest BCUT2D eigenvalue weighted by Crippen LogP contribution is -2.40. The molecule has 0 heterocycles. The molecule has 0 aromatic carbocycles. The van der Waals surface area contributed by atoms with E-state index in [1.54, 1.807) is 20.8 Å². The van der Waals surface area contributed by atoms with Gasteiger partial charge in [0.15, 0.2) is 0 Å². The first-order valence-corrected chi connectivity index (χ1v) is 4.08. The van der Waals surface area contributed by atoms with Gasteiger partial charge in [-0.3, -0.25) is 4.79 Å². The minimum Gasteiger partial charge on any atom is -0.390 e. The smallest absolute Gasteiger partial charge is 0.234 e. The lowest BCUT2D eigenvalue weighted by atomic mass is 10.1. The first kappa shape index (κ1) is 11.4. The van der Waals surface area contributed by atoms with Crippen LogP contribution >= 0.6 is 0 Å². The zero-order valence-electron chi connectivity index (χ0n) is 7.92. The monoisotopic (exact) mass is 174 g/mol. The lowest BCUT2D eigenvalue weighted by Gasteiger charge is -2.18. The van der Waals surface area contributed by atoms with Crippen molar-refractivity contribution in [3.63, 3.8) is 0 Å². The van der Waals surface area contributed by atoms with E-state index in [1.165, 1.54) is 0 Å². The topological polar surface area (TPSA) is 75.3 Å². The maximum Gasteiger partial charge on any atom is 0.234 e. The van der Waals surface area contributed by atoms with Crippen LogP contribution in [0.15, 0.2) is 0 Å². The van der Waals surface area contributed by atoms with Crippen LogP contribution < -0.4 is 11.1 Å². The Bertz CT molecular complexity index is 152. The molecule has 0 fully saturated rings. The summed E-state index contributed by atoms with van der Waals surface area (Å²) in [5.74, 6) is -0.370. The zero-order valence-corrected chi connectivity index (χ0v) is 7.92. The maximum atomic E-state index is 10.6. The lowest BCUT2D eigenvalue weighted by molar-refractivity contribution is -0.119. The van der Waals surface area contributed by atoms with Gasteiger partial charge >= 0.3 is 0 Å². The molecule has 4 nitrogen and oxygen atoms in total. The van der Waals surface area contributed by atoms with Crippen molar-refractivity contribution in [2.45, 2.75) is 38.8 Å². The van der Waals surface area contributed by atoms with Crippen molar-refractivity contribution in [2.75, 3.05) is 6.54 Å². The summed E-state index contributed by atoms with van der Waals surface area (Å²) < 4.78 is 0. The molecule has 4 N–H and O–H groups in total. The van der Waals surface area contributed by atoms with Crippen molar-refractivity contribution in [2.24, 2.45) is 5.73 Å². The highest BCUT2D eigenvalue weighted by Gasteiger charge is 2.13. The number of amides is 1. The van der Waals surface area contributed by atoms with E-state index < -0.39 is 5.60 Å². The van der Waals surface area contributed by atoms with E-state index in [0.717, 1.165) is 0 Å². The fourth-order valence-corrected chi connectivity index (χ4v) is 0.695. The number of carbonyl (C=O) groups is 1. The number of rotatable bonds is 5. The molecule has 0 saturated heterocycles. The summed E-state index contributed by atoms with van der Waals surface area (Å²) >= 11 is 0. The molecule has 0 aliphatic rings. The quantitative estimate of drug-likeness (QED) is 0.531. The molecule has 0 radical (unpaired) electrons. The Morgan fingerprint density at radius 2 is 2.17 bits per heavy atom. The van der Waals surface area contributed by atoms with E-state index >= 15 is 0 Å². The summed E-state index contributed by atoms with van der Waals surface area (Å²) in [5, 5.41) is 12.2. The summed E-state index contributed by atoms with van der Waals surface area (Å²) in [4.78, 5) is 10.6. The van der Waals surface area contributed by atoms with Crippen LogP contribution in [-0.2, 0) is 4.79 Å². The summed E-state index contributed by atoms with van der Waals surface area (Å²) in [7, 11) is 0. The van der Waals surface area contributed by atoms with Crippen LogP contribution in [0.25, 0.3) is 0 Å². The Hall–Kier alpha value is -0.610. The first-order chi connectivity index (χ1) is 5.33. The number of carbonyl (C=O) groups excluding carboxylic acids is 1. The highest BCUT2D eigenvalue weighted by molar-refractivity contribution is 5.79. The van der Waals surface area contributed by atoms with E-state index in [0.29, 0.717) is 13.0 Å². The standard InChI is InChI=1S/C8H18N2O2/c1-6(7(9)11)10-5-4-8(2,3)12/h6,10,12H,4-5H2,1-3H3,(H2,9,11). The van der Waals surface area contributed by atoms with Gasteiger partial charge in [0.25, 0.3) is 0 Å². The summed E-state index contributed by atoms with van der Waals surface area (Å²) in [6.07, 6.45) is 0.602. The molecule has 0 rings (SSSR count). The highest BCUT2D eigenvalue weighted by atomic mass is 16.3. The van der Waals surface area contributed by atoms with Gasteiger partial charge in [-0.1, -0.05) is 0 Å². The molecule has 0 saturated carbocycles. The summed E-state index contributed by atoms with van der Waals surface area (Å²) in [6.45, 7) is 5.74. The van der Waals surface area contributed by atoms with Gasteiger partial charge in [-0.25, -0.2) is 0 Å². The average molecular weight is 174 g/mol. The Balaban J connectivity index is 3.51. The third-order valence-electron chi connectivity index (χ3n) is 1.61. The predicted molar refractivity (Wildman–Crippen MR) is 47.6 cm³/mol. The van der Waals surface area contributed by atoms with Crippen molar-refractivity contribution in [3.8, 4) is 0 Å². The van der Waals surface area contributed by atoms with Crippen LogP contribution in [0.1, 0.15) is 27.2 Å². The van der Waals surface area contributed by atoms with Gasteiger partial charge in [-0.05, 0) is 33.7 Å². The number of hydrogen-bond donors (Lipinski definition) is 3. The Morgan fingerprint density at radius 1 is 1.67 bits per heavy atom. The number of primary amides is 1. The van der Waals surface area contributed by atoms with Gasteiger partial charge in [0.05, 0.1) is 11.6 Å². The fourth-order valence-electron chi connectivity index (χ4n) is 0.695. The van der Waals surface area contributed by atoms with Gasteiger partial charge in [0.1, 0.15) is 0 Å². The predicted octanol–water partition coefficient (Wildman–Crippen LogP) is -0.389. The van der Waals surface area contributed by atoms with E-state index in [9.17, 15) is 9.90 Å². The van der Waals surface area contributed by atoms with Gasteiger partial charge < -0.3 is 16.2 Å². The average Bonchev–Trinajstić information content (AvgIpc) is 1.84. The summed E-state index contributed by atoms with van der Waals surface area (Å²) in [5.41, 5.74) is 4.33. The normalized spacial score (nSPS) is 14.3. The minimum absolute atomic E-state index is 0.327. The number of aliphatic hydroxyl groups is 1. The number of nitrogens with one attached hydrogen (secondary N) is 1. The van der Waals surface area contributed by atoms with E-state index in [4.69, 9.17) is 5.73 Å². The van der Waals surface area contributed by atoms with Crippen LogP contribution in [0.2, 0.25) is 0 Å². The second-order valence-electron chi connectivity index (χ2n) is 3.64. The third-order valence-corrected chi connectivity index (χ3v) is 1.61. The van der Waals surface area contributed by atoms with Crippen LogP contribution in [0.5, 0.6) is 0 Å². The molecule has 72 valence electrons. The van der Waals surface area contributed by atoms with Crippen molar-refractivity contribution in [1.29, 1.82) is 0 Å². The van der Waals surface area contributed by atoms with Crippen LogP contribution in [0, 0.1) is 0 Å².